The summed E-state index contributed by atoms with van der Waals surface area (Å²) in [7, 11) is 1.50. The molecular weight excluding hydrogens is 122 g/mol. The van der Waals surface area contributed by atoms with Crippen LogP contribution in [-0.2, 0) is 4.79 Å². The molecule has 0 saturated heterocycles. The van der Waals surface area contributed by atoms with Crippen LogP contribution in [0, 0.1) is 0 Å². The minimum atomic E-state index is -1.18. The van der Waals surface area contributed by atoms with E-state index in [-0.39, 0.29) is 6.42 Å². The molecule has 0 aromatic carbocycles. The van der Waals surface area contributed by atoms with Crippen LogP contribution in [-0.4, -0.2) is 29.3 Å². The van der Waals surface area contributed by atoms with Crippen molar-refractivity contribution >= 4 is 5.97 Å². The van der Waals surface area contributed by atoms with Crippen LogP contribution in [0.15, 0.2) is 0 Å². The molecule has 0 aliphatic rings. The topological polar surface area (TPSA) is 83.5 Å². The molecule has 0 aromatic rings. The fourth-order valence-corrected chi connectivity index (χ4v) is 0.175. The molecule has 4 nitrogen and oxygen atoms in total. The smallest absolute Gasteiger partial charge is 0.332 e. The molecule has 0 aliphatic heterocycles. The van der Waals surface area contributed by atoms with Gasteiger partial charge in [0.25, 0.3) is 0 Å². The van der Waals surface area contributed by atoms with Crippen molar-refractivity contribution in [2.24, 2.45) is 5.73 Å². The number of carboxylic acid groups (broad SMARTS) is 1. The molecule has 0 saturated carbocycles. The molecule has 0 bridgehead atoms. The summed E-state index contributed by atoms with van der Waals surface area (Å²) >= 11 is 0. The van der Waals surface area contributed by atoms with Gasteiger partial charge in [-0.25, -0.2) is 4.79 Å². The molecule has 0 spiro atoms. The molecule has 1 atom stereocenters. The van der Waals surface area contributed by atoms with Crippen molar-refractivity contribution in [3.8, 4) is 0 Å². The van der Waals surface area contributed by atoms with Crippen LogP contribution in [0.2, 0.25) is 0 Å². The van der Waals surface area contributed by atoms with E-state index in [9.17, 15) is 4.79 Å². The minimum Gasteiger partial charge on any atom is -0.479 e. The molecule has 9 heavy (non-hydrogen) atoms. The average Bonchev–Trinajstić information content (AvgIpc) is 1.91. The van der Waals surface area contributed by atoms with Gasteiger partial charge in [-0.1, -0.05) is 6.92 Å². The van der Waals surface area contributed by atoms with Gasteiger partial charge in [-0.3, -0.25) is 0 Å². The lowest BCUT2D eigenvalue weighted by Crippen LogP contribution is -2.17. The van der Waals surface area contributed by atoms with Gasteiger partial charge < -0.3 is 15.9 Å². The average molecular weight is 135 g/mol. The van der Waals surface area contributed by atoms with E-state index in [1.165, 1.54) is 7.05 Å². The Morgan fingerprint density at radius 1 is 1.67 bits per heavy atom. The predicted molar refractivity (Wildman–Crippen MR) is 34.0 cm³/mol. The normalized spacial score (nSPS) is 11.1. The molecule has 0 fully saturated rings. The van der Waals surface area contributed by atoms with Crippen molar-refractivity contribution in [2.45, 2.75) is 19.4 Å². The third kappa shape index (κ3) is 7.39. The van der Waals surface area contributed by atoms with Gasteiger partial charge in [0, 0.05) is 0 Å². The maximum absolute atomic E-state index is 9.68. The van der Waals surface area contributed by atoms with Crippen LogP contribution in [0.5, 0.6) is 0 Å². The van der Waals surface area contributed by atoms with Crippen LogP contribution < -0.4 is 5.73 Å². The molecule has 0 heterocycles. The molecule has 0 amide bonds. The Balaban J connectivity index is 0. The van der Waals surface area contributed by atoms with Gasteiger partial charge in [0.1, 0.15) is 0 Å². The number of carbonyl (C=O) groups is 1. The number of rotatable bonds is 2. The lowest BCUT2D eigenvalue weighted by atomic mass is 10.3. The zero-order valence-electron chi connectivity index (χ0n) is 5.66. The minimum absolute atomic E-state index is 0.273. The van der Waals surface area contributed by atoms with Gasteiger partial charge in [0.05, 0.1) is 0 Å². The predicted octanol–water partition coefficient (Wildman–Crippen LogP) is -0.583. The number of carboxylic acids is 1. The summed E-state index contributed by atoms with van der Waals surface area (Å²) in [6.07, 6.45) is -0.907. The number of nitrogens with two attached hydrogens (primary N) is 1. The molecule has 0 rings (SSSR count). The second-order valence-corrected chi connectivity index (χ2v) is 1.26. The van der Waals surface area contributed by atoms with E-state index in [4.69, 9.17) is 10.2 Å². The van der Waals surface area contributed by atoms with Crippen LogP contribution >= 0.6 is 0 Å². The van der Waals surface area contributed by atoms with E-state index < -0.39 is 12.1 Å². The van der Waals surface area contributed by atoms with Gasteiger partial charge >= 0.3 is 5.97 Å². The van der Waals surface area contributed by atoms with E-state index in [2.05, 4.69) is 5.73 Å². The highest BCUT2D eigenvalue weighted by Crippen LogP contribution is 1.86. The Bertz CT molecular complexity index is 74.6. The maximum Gasteiger partial charge on any atom is 0.332 e. The van der Waals surface area contributed by atoms with E-state index >= 15 is 0 Å². The number of aliphatic carboxylic acids is 1. The van der Waals surface area contributed by atoms with Crippen molar-refractivity contribution in [1.82, 2.24) is 0 Å². The fraction of sp³-hybridized carbons (Fsp3) is 0.800. The standard InChI is InChI=1S/C4H8O3.CH5N/c1-2-3(5)4(6)7;1-2/h3,5H,2H2,1H3,(H,6,7);2H2,1H3. The number of hydrogen-bond acceptors (Lipinski definition) is 3. The first kappa shape index (κ1) is 11.2. The summed E-state index contributed by atoms with van der Waals surface area (Å²) in [6.45, 7) is 1.61. The number of hydrogen-bond donors (Lipinski definition) is 3. The Hall–Kier alpha value is -0.610. The summed E-state index contributed by atoms with van der Waals surface area (Å²) in [5.74, 6) is -1.15. The van der Waals surface area contributed by atoms with Crippen LogP contribution in [0.3, 0.4) is 0 Å². The zero-order chi connectivity index (χ0) is 7.86. The van der Waals surface area contributed by atoms with Crippen LogP contribution in [0.4, 0.5) is 0 Å². The SMILES string of the molecule is CCC(O)C(=O)O.CN. The van der Waals surface area contributed by atoms with Crippen molar-refractivity contribution in [3.05, 3.63) is 0 Å². The quantitative estimate of drug-likeness (QED) is 0.473. The Labute approximate surface area is 54.3 Å². The van der Waals surface area contributed by atoms with E-state index in [1.54, 1.807) is 6.92 Å². The van der Waals surface area contributed by atoms with Crippen molar-refractivity contribution in [1.29, 1.82) is 0 Å². The van der Waals surface area contributed by atoms with Crippen LogP contribution in [0.25, 0.3) is 0 Å². The second kappa shape index (κ2) is 7.39. The zero-order valence-corrected chi connectivity index (χ0v) is 5.66. The van der Waals surface area contributed by atoms with E-state index in [0.717, 1.165) is 0 Å². The van der Waals surface area contributed by atoms with Crippen molar-refractivity contribution in [3.63, 3.8) is 0 Å². The second-order valence-electron chi connectivity index (χ2n) is 1.26. The lowest BCUT2D eigenvalue weighted by molar-refractivity contribution is -0.146. The molecular formula is C5H13NO3. The van der Waals surface area contributed by atoms with Gasteiger partial charge in [0.2, 0.25) is 0 Å². The number of aliphatic hydroxyl groups is 1. The Kier molecular flexibility index (Phi) is 9.21. The molecule has 0 aromatic heterocycles. The lowest BCUT2D eigenvalue weighted by Gasteiger charge is -1.95. The van der Waals surface area contributed by atoms with Crippen molar-refractivity contribution < 1.29 is 15.0 Å². The summed E-state index contributed by atoms with van der Waals surface area (Å²) in [6, 6.07) is 0. The largest absolute Gasteiger partial charge is 0.479 e. The highest BCUT2D eigenvalue weighted by molar-refractivity contribution is 5.71. The Morgan fingerprint density at radius 3 is 2.00 bits per heavy atom. The monoisotopic (exact) mass is 135 g/mol. The molecule has 1 unspecified atom stereocenters. The van der Waals surface area contributed by atoms with Gasteiger partial charge in [-0.05, 0) is 13.5 Å². The maximum atomic E-state index is 9.68. The third-order valence-corrected chi connectivity index (χ3v) is 0.672. The van der Waals surface area contributed by atoms with Gasteiger partial charge in [-0.15, -0.1) is 0 Å². The molecule has 4 N–H and O–H groups in total. The van der Waals surface area contributed by atoms with Gasteiger partial charge in [0.15, 0.2) is 6.10 Å². The van der Waals surface area contributed by atoms with Crippen molar-refractivity contribution in [2.75, 3.05) is 7.05 Å². The third-order valence-electron chi connectivity index (χ3n) is 0.672. The molecule has 4 heteroatoms. The summed E-state index contributed by atoms with van der Waals surface area (Å²) in [5.41, 5.74) is 4.50. The first-order valence-electron chi connectivity index (χ1n) is 2.67. The molecule has 0 radical (unpaired) electrons. The molecule has 56 valence electrons. The highest BCUT2D eigenvalue weighted by Gasteiger charge is 2.07. The summed E-state index contributed by atoms with van der Waals surface area (Å²) < 4.78 is 0. The first-order chi connectivity index (χ1) is 4.18. The number of aliphatic hydroxyl groups excluding tert-OH is 1. The van der Waals surface area contributed by atoms with E-state index in [1.807, 2.05) is 0 Å². The first-order valence-corrected chi connectivity index (χ1v) is 2.67. The molecule has 0 aliphatic carbocycles. The summed E-state index contributed by atoms with van der Waals surface area (Å²) in [5, 5.41) is 16.3. The van der Waals surface area contributed by atoms with Gasteiger partial charge in [-0.2, -0.15) is 0 Å². The van der Waals surface area contributed by atoms with E-state index in [0.29, 0.717) is 0 Å². The summed E-state index contributed by atoms with van der Waals surface area (Å²) in [4.78, 5) is 9.68. The van der Waals surface area contributed by atoms with Crippen LogP contribution in [0.1, 0.15) is 13.3 Å². The highest BCUT2D eigenvalue weighted by atomic mass is 16.4. The fourth-order valence-electron chi connectivity index (χ4n) is 0.175. The Morgan fingerprint density at radius 2 is 2.00 bits per heavy atom.